The van der Waals surface area contributed by atoms with Crippen LogP contribution in [0.5, 0.6) is 17.6 Å². The van der Waals surface area contributed by atoms with Crippen molar-refractivity contribution in [3.63, 3.8) is 0 Å². The number of pyridine rings is 1. The van der Waals surface area contributed by atoms with Crippen LogP contribution in [0.15, 0.2) is 24.3 Å². The van der Waals surface area contributed by atoms with Crippen molar-refractivity contribution >= 4 is 33.4 Å². The number of terminal acetylenes is 1. The fourth-order valence-corrected chi connectivity index (χ4v) is 6.33. The Bertz CT molecular complexity index is 1860. The molecule has 2 N–H and O–H groups in total. The van der Waals surface area contributed by atoms with Crippen LogP contribution in [0, 0.1) is 24.0 Å². The predicted octanol–water partition coefficient (Wildman–Crippen LogP) is 5.35. The maximum atomic E-state index is 16.8. The van der Waals surface area contributed by atoms with Gasteiger partial charge in [0.2, 0.25) is 11.8 Å². The van der Waals surface area contributed by atoms with Crippen LogP contribution >= 0.6 is 0 Å². The van der Waals surface area contributed by atoms with E-state index in [9.17, 15) is 14.3 Å². The number of carbonyl (C=O) groups is 1. The Hall–Kier alpha value is -4.76. The van der Waals surface area contributed by atoms with Crippen LogP contribution in [0.3, 0.4) is 0 Å². The Labute approximate surface area is 266 Å². The van der Waals surface area contributed by atoms with Gasteiger partial charge in [-0.05, 0) is 63.4 Å². The summed E-state index contributed by atoms with van der Waals surface area (Å²) in [6, 6.07) is 4.42. The molecule has 1 aliphatic heterocycles. The van der Waals surface area contributed by atoms with Crippen molar-refractivity contribution in [2.75, 3.05) is 46.7 Å². The molecule has 46 heavy (non-hydrogen) atoms. The fourth-order valence-electron chi connectivity index (χ4n) is 6.33. The van der Waals surface area contributed by atoms with E-state index in [0.29, 0.717) is 5.39 Å². The van der Waals surface area contributed by atoms with Gasteiger partial charge in [0.1, 0.15) is 46.6 Å². The van der Waals surface area contributed by atoms with Crippen LogP contribution in [0.25, 0.3) is 32.9 Å². The number of amides is 1. The molecular weight excluding hydrogens is 594 g/mol. The average Bonchev–Trinajstić information content (AvgIpc) is 3.39. The predicted molar refractivity (Wildman–Crippen MR) is 173 cm³/mol. The van der Waals surface area contributed by atoms with E-state index < -0.39 is 17.7 Å². The molecule has 1 amide bonds. The number of nitrogens with zero attached hydrogens (tertiary/aromatic N) is 5. The normalized spacial score (nSPS) is 17.2. The third-order valence-electron chi connectivity index (χ3n) is 8.67. The van der Waals surface area contributed by atoms with Crippen LogP contribution in [0.2, 0.25) is 0 Å². The standard InChI is InChI=1S/C34H38F2N6O4/c1-8-13-34(14-10-15-42(34)6)18-46-33-39-29-26(30(40-33)37-19(3)32(44)41(4)5)31(45-7)38-28(27(29)36)23-17-21(43)16-20-11-12-24(35)22(9-2)25(20)23/h2,11-12,16-17,19,43H,8,10,13-15,18H2,1,3-7H3,(H,37,39,40). The van der Waals surface area contributed by atoms with Gasteiger partial charge in [0.25, 0.3) is 0 Å². The third-order valence-corrected chi connectivity index (χ3v) is 8.67. The molecule has 1 saturated heterocycles. The SMILES string of the molecule is C#Cc1c(F)ccc2cc(O)cc(-c3nc(OC)c4c(NC(C)C(=O)N(C)C)nc(OCC5(CCC)CCCN5C)nc4c3F)c12. The molecule has 10 nitrogen and oxygen atoms in total. The highest BCUT2D eigenvalue weighted by atomic mass is 19.1. The first kappa shape index (κ1) is 32.6. The Morgan fingerprint density at radius 3 is 2.63 bits per heavy atom. The molecule has 3 heterocycles. The highest BCUT2D eigenvalue weighted by molar-refractivity contribution is 6.04. The zero-order chi connectivity index (χ0) is 33.3. The lowest BCUT2D eigenvalue weighted by atomic mass is 9.92. The minimum atomic E-state index is -0.905. The molecule has 2 aromatic heterocycles. The number of phenols is 1. The molecule has 12 heteroatoms. The van der Waals surface area contributed by atoms with Crippen LogP contribution in [0.4, 0.5) is 14.6 Å². The largest absolute Gasteiger partial charge is 0.508 e. The molecule has 0 radical (unpaired) electrons. The smallest absolute Gasteiger partial charge is 0.319 e. The first-order chi connectivity index (χ1) is 21.9. The lowest BCUT2D eigenvalue weighted by Crippen LogP contribution is -2.46. The number of hydrogen-bond acceptors (Lipinski definition) is 9. The molecule has 1 aliphatic rings. The van der Waals surface area contributed by atoms with Crippen molar-refractivity contribution in [1.29, 1.82) is 0 Å². The van der Waals surface area contributed by atoms with E-state index in [1.54, 1.807) is 21.0 Å². The maximum Gasteiger partial charge on any atom is 0.319 e. The summed E-state index contributed by atoms with van der Waals surface area (Å²) in [5.41, 5.74) is -0.789. The Balaban J connectivity index is 1.75. The number of likely N-dealkylation sites (N-methyl/N-ethyl adjacent to an activating group) is 2. The van der Waals surface area contributed by atoms with Gasteiger partial charge in [-0.25, -0.2) is 13.8 Å². The van der Waals surface area contributed by atoms with Gasteiger partial charge in [0.15, 0.2) is 5.82 Å². The number of fused-ring (bicyclic) bond motifs is 2. The maximum absolute atomic E-state index is 16.8. The molecule has 4 aromatic rings. The molecule has 0 bridgehead atoms. The van der Waals surface area contributed by atoms with Gasteiger partial charge >= 0.3 is 6.01 Å². The summed E-state index contributed by atoms with van der Waals surface area (Å²) in [4.78, 5) is 30.0. The molecular formula is C34H38F2N6O4. The monoisotopic (exact) mass is 632 g/mol. The molecule has 2 atom stereocenters. The molecule has 0 spiro atoms. The van der Waals surface area contributed by atoms with Crippen LogP contribution < -0.4 is 14.8 Å². The van der Waals surface area contributed by atoms with Gasteiger partial charge in [-0.2, -0.15) is 9.97 Å². The van der Waals surface area contributed by atoms with Crippen molar-refractivity contribution in [3.05, 3.63) is 41.5 Å². The van der Waals surface area contributed by atoms with Gasteiger partial charge in [0.05, 0.1) is 18.2 Å². The summed E-state index contributed by atoms with van der Waals surface area (Å²) in [6.45, 7) is 4.97. The minimum absolute atomic E-state index is 0.0429. The van der Waals surface area contributed by atoms with Crippen molar-refractivity contribution in [3.8, 4) is 41.2 Å². The summed E-state index contributed by atoms with van der Waals surface area (Å²) >= 11 is 0. The van der Waals surface area contributed by atoms with Crippen molar-refractivity contribution in [1.82, 2.24) is 24.8 Å². The molecule has 242 valence electrons. The van der Waals surface area contributed by atoms with Gasteiger partial charge in [-0.3, -0.25) is 9.69 Å². The number of carbonyl (C=O) groups excluding carboxylic acids is 1. The van der Waals surface area contributed by atoms with E-state index in [4.69, 9.17) is 15.9 Å². The minimum Gasteiger partial charge on any atom is -0.508 e. The number of ether oxygens (including phenoxy) is 2. The zero-order valence-electron chi connectivity index (χ0n) is 26.9. The van der Waals surface area contributed by atoms with Gasteiger partial charge in [-0.15, -0.1) is 6.42 Å². The average molecular weight is 633 g/mol. The second-order valence-corrected chi connectivity index (χ2v) is 11.9. The summed E-state index contributed by atoms with van der Waals surface area (Å²) in [7, 11) is 6.66. The number of benzene rings is 2. The molecule has 0 aliphatic carbocycles. The van der Waals surface area contributed by atoms with Crippen LogP contribution in [0.1, 0.15) is 45.1 Å². The number of anilines is 1. The first-order valence-electron chi connectivity index (χ1n) is 15.1. The third kappa shape index (κ3) is 5.83. The van der Waals surface area contributed by atoms with Gasteiger partial charge in [0, 0.05) is 25.0 Å². The molecule has 0 saturated carbocycles. The van der Waals surface area contributed by atoms with Crippen molar-refractivity contribution in [2.24, 2.45) is 0 Å². The summed E-state index contributed by atoms with van der Waals surface area (Å²) < 4.78 is 43.6. The summed E-state index contributed by atoms with van der Waals surface area (Å²) in [5, 5.41) is 14.3. The highest BCUT2D eigenvalue weighted by Crippen LogP contribution is 2.41. The number of aromatic nitrogens is 3. The Kier molecular flexibility index (Phi) is 9.17. The number of rotatable bonds is 10. The van der Waals surface area contributed by atoms with Crippen LogP contribution in [-0.4, -0.2) is 88.8 Å². The number of methoxy groups -OCH3 is 1. The number of hydrogen-bond donors (Lipinski definition) is 2. The summed E-state index contributed by atoms with van der Waals surface area (Å²) in [6.07, 6.45) is 9.47. The number of nitrogens with one attached hydrogen (secondary N) is 1. The van der Waals surface area contributed by atoms with Gasteiger partial charge in [-0.1, -0.05) is 25.3 Å². The zero-order valence-corrected chi connectivity index (χ0v) is 26.9. The topological polar surface area (TPSA) is 113 Å². The van der Waals surface area contributed by atoms with Crippen LogP contribution in [-0.2, 0) is 4.79 Å². The van der Waals surface area contributed by atoms with Gasteiger partial charge < -0.3 is 24.8 Å². The second-order valence-electron chi connectivity index (χ2n) is 11.9. The lowest BCUT2D eigenvalue weighted by Gasteiger charge is -2.35. The number of halogens is 2. The first-order valence-corrected chi connectivity index (χ1v) is 15.1. The quantitative estimate of drug-likeness (QED) is 0.224. The fraction of sp³-hybridized carbons (Fsp3) is 0.412. The van der Waals surface area contributed by atoms with E-state index in [1.807, 2.05) is 0 Å². The molecule has 1 fully saturated rings. The van der Waals surface area contributed by atoms with Crippen molar-refractivity contribution in [2.45, 2.75) is 51.1 Å². The van der Waals surface area contributed by atoms with Crippen molar-refractivity contribution < 1.29 is 28.2 Å². The molecule has 2 unspecified atom stereocenters. The van der Waals surface area contributed by atoms with E-state index in [1.165, 1.54) is 36.3 Å². The van der Waals surface area contributed by atoms with E-state index in [2.05, 4.69) is 45.1 Å². The highest BCUT2D eigenvalue weighted by Gasteiger charge is 2.39. The Morgan fingerprint density at radius 2 is 2.00 bits per heavy atom. The van der Waals surface area contributed by atoms with E-state index in [-0.39, 0.29) is 74.6 Å². The molecule has 5 rings (SSSR count). The van der Waals surface area contributed by atoms with E-state index >= 15 is 4.39 Å². The Morgan fingerprint density at radius 1 is 1.24 bits per heavy atom. The number of aromatic hydroxyl groups is 1. The summed E-state index contributed by atoms with van der Waals surface area (Å²) in [5.74, 6) is 0.310. The second kappa shape index (κ2) is 12.9. The number of phenolic OH excluding ortho intramolecular Hbond substituents is 1. The lowest BCUT2D eigenvalue weighted by molar-refractivity contribution is -0.129. The van der Waals surface area contributed by atoms with E-state index in [0.717, 1.165) is 32.2 Å². The molecule has 2 aromatic carbocycles. The number of likely N-dealkylation sites (tertiary alicyclic amines) is 1.